The summed E-state index contributed by atoms with van der Waals surface area (Å²) < 4.78 is 17.7. The van der Waals surface area contributed by atoms with Gasteiger partial charge in [-0.15, -0.1) is 0 Å². The van der Waals surface area contributed by atoms with E-state index in [4.69, 9.17) is 14.0 Å². The SMILES string of the molecule is CC1(C)OB(c2cnc(OCC3CCNCC3)nc2)OC1(C)C. The Morgan fingerprint density at radius 2 is 1.70 bits per heavy atom. The highest BCUT2D eigenvalue weighted by atomic mass is 16.7. The zero-order chi connectivity index (χ0) is 16.5. The molecule has 0 amide bonds. The molecule has 3 heterocycles. The molecule has 0 bridgehead atoms. The number of hydrogen-bond donors (Lipinski definition) is 1. The van der Waals surface area contributed by atoms with E-state index in [1.54, 1.807) is 12.4 Å². The molecule has 0 unspecified atom stereocenters. The van der Waals surface area contributed by atoms with Crippen molar-refractivity contribution in [3.8, 4) is 6.01 Å². The first-order chi connectivity index (χ1) is 10.9. The van der Waals surface area contributed by atoms with Crippen LogP contribution in [0, 0.1) is 5.92 Å². The number of piperidine rings is 1. The van der Waals surface area contributed by atoms with Gasteiger partial charge in [0.15, 0.2) is 0 Å². The fourth-order valence-corrected chi connectivity index (χ4v) is 2.74. The lowest BCUT2D eigenvalue weighted by atomic mass is 9.81. The minimum absolute atomic E-state index is 0.359. The van der Waals surface area contributed by atoms with Crippen molar-refractivity contribution in [1.29, 1.82) is 0 Å². The molecule has 0 saturated carbocycles. The van der Waals surface area contributed by atoms with Crippen LogP contribution in [0.25, 0.3) is 0 Å². The van der Waals surface area contributed by atoms with Gasteiger partial charge in [-0.2, -0.15) is 0 Å². The van der Waals surface area contributed by atoms with Crippen LogP contribution < -0.4 is 15.5 Å². The monoisotopic (exact) mass is 319 g/mol. The van der Waals surface area contributed by atoms with E-state index < -0.39 is 7.12 Å². The van der Waals surface area contributed by atoms with Gasteiger partial charge < -0.3 is 19.4 Å². The molecule has 0 radical (unpaired) electrons. The normalized spacial score (nSPS) is 23.9. The predicted molar refractivity (Wildman–Crippen MR) is 88.8 cm³/mol. The Bertz CT molecular complexity index is 514. The first kappa shape index (κ1) is 16.7. The summed E-state index contributed by atoms with van der Waals surface area (Å²) in [5.41, 5.74) is 0.0989. The Balaban J connectivity index is 1.57. The smallest absolute Gasteiger partial charge is 0.463 e. The summed E-state index contributed by atoms with van der Waals surface area (Å²) in [7, 11) is -0.432. The summed E-state index contributed by atoms with van der Waals surface area (Å²) in [6, 6.07) is 0.420. The van der Waals surface area contributed by atoms with E-state index in [9.17, 15) is 0 Å². The van der Waals surface area contributed by atoms with E-state index in [2.05, 4.69) is 15.3 Å². The van der Waals surface area contributed by atoms with Gasteiger partial charge in [0.2, 0.25) is 0 Å². The van der Waals surface area contributed by atoms with Gasteiger partial charge in [-0.1, -0.05) is 0 Å². The zero-order valence-corrected chi connectivity index (χ0v) is 14.5. The maximum absolute atomic E-state index is 6.00. The molecule has 0 aliphatic carbocycles. The Hall–Kier alpha value is -1.18. The first-order valence-corrected chi connectivity index (χ1v) is 8.38. The molecule has 2 aliphatic rings. The van der Waals surface area contributed by atoms with Gasteiger partial charge in [0.05, 0.1) is 17.8 Å². The van der Waals surface area contributed by atoms with Gasteiger partial charge in [-0.05, 0) is 59.5 Å². The van der Waals surface area contributed by atoms with Crippen LogP contribution in [-0.4, -0.2) is 48.0 Å². The molecule has 1 aromatic heterocycles. The number of nitrogens with zero attached hydrogens (tertiary/aromatic N) is 2. The highest BCUT2D eigenvalue weighted by Gasteiger charge is 2.51. The first-order valence-electron chi connectivity index (χ1n) is 8.38. The second kappa shape index (κ2) is 6.38. The Morgan fingerprint density at radius 1 is 1.13 bits per heavy atom. The molecule has 2 aliphatic heterocycles. The van der Waals surface area contributed by atoms with Gasteiger partial charge in [-0.3, -0.25) is 0 Å². The van der Waals surface area contributed by atoms with Crippen LogP contribution in [0.4, 0.5) is 0 Å². The number of rotatable bonds is 4. The fourth-order valence-electron chi connectivity index (χ4n) is 2.74. The van der Waals surface area contributed by atoms with Crippen LogP contribution in [0.5, 0.6) is 6.01 Å². The Kier molecular flexibility index (Phi) is 4.62. The molecule has 2 fully saturated rings. The van der Waals surface area contributed by atoms with E-state index in [0.717, 1.165) is 31.4 Å². The van der Waals surface area contributed by atoms with E-state index in [0.29, 0.717) is 18.5 Å². The van der Waals surface area contributed by atoms with E-state index in [1.165, 1.54) is 0 Å². The Morgan fingerprint density at radius 3 is 2.26 bits per heavy atom. The maximum Gasteiger partial charge on any atom is 0.498 e. The second-order valence-corrected chi connectivity index (χ2v) is 7.39. The molecule has 0 aromatic carbocycles. The lowest BCUT2D eigenvalue weighted by Crippen LogP contribution is -2.41. The third-order valence-electron chi connectivity index (χ3n) is 5.08. The van der Waals surface area contributed by atoms with Crippen molar-refractivity contribution in [2.45, 2.75) is 51.7 Å². The molecule has 0 atom stereocenters. The maximum atomic E-state index is 6.00. The topological polar surface area (TPSA) is 65.5 Å². The minimum Gasteiger partial charge on any atom is -0.463 e. The molecule has 0 spiro atoms. The number of nitrogens with one attached hydrogen (secondary N) is 1. The van der Waals surface area contributed by atoms with Crippen molar-refractivity contribution >= 4 is 12.6 Å². The molecule has 126 valence electrons. The quantitative estimate of drug-likeness (QED) is 0.840. The third-order valence-corrected chi connectivity index (χ3v) is 5.08. The zero-order valence-electron chi connectivity index (χ0n) is 14.5. The van der Waals surface area contributed by atoms with Gasteiger partial charge in [0.25, 0.3) is 0 Å². The summed E-state index contributed by atoms with van der Waals surface area (Å²) in [6.45, 7) is 10.9. The third kappa shape index (κ3) is 3.67. The van der Waals surface area contributed by atoms with Crippen molar-refractivity contribution in [2.75, 3.05) is 19.7 Å². The molecule has 6 nitrogen and oxygen atoms in total. The summed E-state index contributed by atoms with van der Waals surface area (Å²) >= 11 is 0. The van der Waals surface area contributed by atoms with Crippen molar-refractivity contribution in [3.05, 3.63) is 12.4 Å². The number of aromatic nitrogens is 2. The number of ether oxygens (including phenoxy) is 1. The van der Waals surface area contributed by atoms with Crippen molar-refractivity contribution in [3.63, 3.8) is 0 Å². The molecular weight excluding hydrogens is 293 g/mol. The van der Waals surface area contributed by atoms with Gasteiger partial charge >= 0.3 is 13.1 Å². The number of hydrogen-bond acceptors (Lipinski definition) is 6. The van der Waals surface area contributed by atoms with Gasteiger partial charge in [0.1, 0.15) is 0 Å². The van der Waals surface area contributed by atoms with Crippen LogP contribution in [0.3, 0.4) is 0 Å². The lowest BCUT2D eigenvalue weighted by molar-refractivity contribution is 0.00578. The second-order valence-electron chi connectivity index (χ2n) is 7.39. The molecule has 1 aromatic rings. The molecular formula is C16H26BN3O3. The molecule has 1 N–H and O–H groups in total. The van der Waals surface area contributed by atoms with Crippen LogP contribution in [-0.2, 0) is 9.31 Å². The molecule has 2 saturated heterocycles. The summed E-state index contributed by atoms with van der Waals surface area (Å²) in [4.78, 5) is 8.59. The van der Waals surface area contributed by atoms with Crippen LogP contribution in [0.15, 0.2) is 12.4 Å². The van der Waals surface area contributed by atoms with Crippen molar-refractivity contribution in [2.24, 2.45) is 5.92 Å². The average molecular weight is 319 g/mol. The van der Waals surface area contributed by atoms with Gasteiger partial charge in [0, 0.05) is 17.9 Å². The van der Waals surface area contributed by atoms with Crippen molar-refractivity contribution in [1.82, 2.24) is 15.3 Å². The molecule has 23 heavy (non-hydrogen) atoms. The van der Waals surface area contributed by atoms with Crippen LogP contribution in [0.2, 0.25) is 0 Å². The van der Waals surface area contributed by atoms with E-state index >= 15 is 0 Å². The summed E-state index contributed by atoms with van der Waals surface area (Å²) in [6.07, 6.45) is 5.75. The lowest BCUT2D eigenvalue weighted by Gasteiger charge is -2.32. The molecule has 7 heteroatoms. The van der Waals surface area contributed by atoms with E-state index in [-0.39, 0.29) is 11.2 Å². The van der Waals surface area contributed by atoms with Gasteiger partial charge in [-0.25, -0.2) is 9.97 Å². The van der Waals surface area contributed by atoms with Crippen molar-refractivity contribution < 1.29 is 14.0 Å². The largest absolute Gasteiger partial charge is 0.498 e. The van der Waals surface area contributed by atoms with E-state index in [1.807, 2.05) is 27.7 Å². The minimum atomic E-state index is -0.432. The average Bonchev–Trinajstić information content (AvgIpc) is 2.75. The highest BCUT2D eigenvalue weighted by molar-refractivity contribution is 6.61. The Labute approximate surface area is 138 Å². The standard InChI is InChI=1S/C16H26BN3O3/c1-15(2)16(3,4)23-17(22-15)13-9-19-14(20-10-13)21-11-12-5-7-18-8-6-12/h9-10,12,18H,5-8,11H2,1-4H3. The summed E-state index contributed by atoms with van der Waals surface area (Å²) in [5.74, 6) is 0.586. The highest BCUT2D eigenvalue weighted by Crippen LogP contribution is 2.36. The predicted octanol–water partition coefficient (Wildman–Crippen LogP) is 1.15. The molecule has 3 rings (SSSR count). The van der Waals surface area contributed by atoms with Crippen LogP contribution in [0.1, 0.15) is 40.5 Å². The van der Waals surface area contributed by atoms with Crippen LogP contribution >= 0.6 is 0 Å². The fraction of sp³-hybridized carbons (Fsp3) is 0.750. The summed E-state index contributed by atoms with van der Waals surface area (Å²) in [5, 5.41) is 3.35.